The second-order valence-corrected chi connectivity index (χ2v) is 4.04. The van der Waals surface area contributed by atoms with Crippen molar-refractivity contribution in [2.45, 2.75) is 25.7 Å². The van der Waals surface area contributed by atoms with E-state index in [2.05, 4.69) is 6.07 Å². The van der Waals surface area contributed by atoms with Gasteiger partial charge in [-0.3, -0.25) is 4.79 Å². The van der Waals surface area contributed by atoms with Crippen LogP contribution in [0.3, 0.4) is 0 Å². The summed E-state index contributed by atoms with van der Waals surface area (Å²) in [6.07, 6.45) is 4.50. The molecule has 0 amide bonds. The largest absolute Gasteiger partial charge is 1.00 e. The summed E-state index contributed by atoms with van der Waals surface area (Å²) in [5.41, 5.74) is 4.56. The molecular weight excluding hydrogens is 191 g/mol. The van der Waals surface area contributed by atoms with Gasteiger partial charge in [0.1, 0.15) is 0 Å². The van der Waals surface area contributed by atoms with Crippen LogP contribution in [0.25, 0.3) is 5.57 Å². The minimum absolute atomic E-state index is 0. The normalized spacial score (nSPS) is 17.1. The zero-order valence-electron chi connectivity index (χ0n) is 10.0. The molecule has 0 N–H and O–H groups in total. The van der Waals surface area contributed by atoms with Gasteiger partial charge in [-0.15, -0.1) is 0 Å². The Morgan fingerprint density at radius 2 is 1.44 bits per heavy atom. The van der Waals surface area contributed by atoms with Crippen LogP contribution in [-0.2, 0) is 0 Å². The summed E-state index contributed by atoms with van der Waals surface area (Å²) in [5, 5.41) is 0. The first-order valence-corrected chi connectivity index (χ1v) is 5.24. The first kappa shape index (κ1) is 13.3. The number of allylic oxidation sites excluding steroid dienone is 2. The summed E-state index contributed by atoms with van der Waals surface area (Å²) in [7, 11) is 0. The van der Waals surface area contributed by atoms with E-state index in [-0.39, 0.29) is 32.1 Å². The van der Waals surface area contributed by atoms with Gasteiger partial charge >= 0.3 is 18.9 Å². The predicted octanol–water partition coefficient (Wildman–Crippen LogP) is 0.665. The smallest absolute Gasteiger partial charge is 0.358 e. The summed E-state index contributed by atoms with van der Waals surface area (Å²) < 4.78 is 0. The van der Waals surface area contributed by atoms with Crippen molar-refractivity contribution >= 4 is 11.4 Å². The molecule has 0 saturated carbocycles. The Bertz CT molecular complexity index is 446. The van der Waals surface area contributed by atoms with Crippen molar-refractivity contribution in [3.05, 3.63) is 48.4 Å². The van der Waals surface area contributed by atoms with Crippen LogP contribution in [0, 0.1) is 7.43 Å². The van der Waals surface area contributed by atoms with Crippen molar-refractivity contribution in [2.24, 2.45) is 0 Å². The van der Waals surface area contributed by atoms with Gasteiger partial charge in [0.15, 0.2) is 5.78 Å². The van der Waals surface area contributed by atoms with E-state index in [0.717, 1.165) is 24.0 Å². The summed E-state index contributed by atoms with van der Waals surface area (Å²) in [5.74, 6) is 0.287. The molecule has 0 aromatic heterocycles. The molecule has 1 aromatic carbocycles. The maximum absolute atomic E-state index is 12.0. The monoisotopic (exact) mass is 206 g/mol. The van der Waals surface area contributed by atoms with Crippen LogP contribution in [0.5, 0.6) is 0 Å². The van der Waals surface area contributed by atoms with Gasteiger partial charge in [0.25, 0.3) is 0 Å². The van der Waals surface area contributed by atoms with Crippen LogP contribution in [-0.4, -0.2) is 5.78 Å². The number of hydrogen-bond acceptors (Lipinski definition) is 1. The molecule has 78 valence electrons. The summed E-state index contributed by atoms with van der Waals surface area (Å²) in [6.45, 7) is 0. The fraction of sp³-hybridized carbons (Fsp3) is 0.286. The Hall–Kier alpha value is -0.773. The molecule has 0 aliphatic heterocycles. The van der Waals surface area contributed by atoms with Crippen molar-refractivity contribution in [2.75, 3.05) is 0 Å². The van der Waals surface area contributed by atoms with E-state index >= 15 is 0 Å². The van der Waals surface area contributed by atoms with Crippen LogP contribution in [0.15, 0.2) is 29.8 Å². The summed E-state index contributed by atoms with van der Waals surface area (Å²) >= 11 is 0. The van der Waals surface area contributed by atoms with Crippen LogP contribution in [0.2, 0.25) is 0 Å². The molecule has 0 saturated heterocycles. The Morgan fingerprint density at radius 1 is 0.875 bits per heavy atom. The first-order valence-electron chi connectivity index (χ1n) is 5.24. The van der Waals surface area contributed by atoms with E-state index in [1.54, 1.807) is 0 Å². The molecule has 2 heteroatoms. The van der Waals surface area contributed by atoms with Gasteiger partial charge in [-0.1, -0.05) is 24.3 Å². The molecule has 0 heterocycles. The third kappa shape index (κ3) is 1.79. The second-order valence-electron chi connectivity index (χ2n) is 4.04. The van der Waals surface area contributed by atoms with Crippen LogP contribution < -0.4 is 18.9 Å². The number of carbonyl (C=O) groups excluding carboxylic acids is 1. The molecule has 0 radical (unpaired) electrons. The molecule has 3 rings (SSSR count). The molecule has 0 spiro atoms. The van der Waals surface area contributed by atoms with Gasteiger partial charge < -0.3 is 7.43 Å². The van der Waals surface area contributed by atoms with E-state index in [9.17, 15) is 4.79 Å². The number of ketones is 1. The van der Waals surface area contributed by atoms with Crippen molar-refractivity contribution in [1.29, 1.82) is 0 Å². The van der Waals surface area contributed by atoms with Gasteiger partial charge in [-0.25, -0.2) is 0 Å². The van der Waals surface area contributed by atoms with E-state index in [1.807, 2.05) is 18.2 Å². The minimum atomic E-state index is 0. The average molecular weight is 206 g/mol. The zero-order valence-corrected chi connectivity index (χ0v) is 10.0. The van der Waals surface area contributed by atoms with Crippen LogP contribution >= 0.6 is 0 Å². The number of carbonyl (C=O) groups is 1. The predicted molar refractivity (Wildman–Crippen MR) is 62.6 cm³/mol. The quantitative estimate of drug-likeness (QED) is 0.450. The summed E-state index contributed by atoms with van der Waals surface area (Å²) in [4.78, 5) is 12.0. The molecule has 16 heavy (non-hydrogen) atoms. The Morgan fingerprint density at radius 3 is 2.12 bits per heavy atom. The maximum atomic E-state index is 12.0. The van der Waals surface area contributed by atoms with Crippen molar-refractivity contribution in [1.82, 2.24) is 0 Å². The van der Waals surface area contributed by atoms with Gasteiger partial charge in [0, 0.05) is 11.1 Å². The van der Waals surface area contributed by atoms with Gasteiger partial charge in [-0.2, -0.15) is 0 Å². The van der Waals surface area contributed by atoms with Crippen molar-refractivity contribution in [3.63, 3.8) is 0 Å². The SMILES string of the molecule is O=C1C2=C(CCCC2)c2ccccc21.[CH3-].[Li+]. The van der Waals surface area contributed by atoms with E-state index < -0.39 is 0 Å². The molecule has 1 nitrogen and oxygen atoms in total. The van der Waals surface area contributed by atoms with E-state index in [4.69, 9.17) is 0 Å². The molecular formula is C14H15LiO. The number of fused-ring (bicyclic) bond motifs is 2. The van der Waals surface area contributed by atoms with Gasteiger partial charge in [0.05, 0.1) is 0 Å². The van der Waals surface area contributed by atoms with Crippen molar-refractivity contribution < 1.29 is 23.7 Å². The topological polar surface area (TPSA) is 17.1 Å². The number of benzene rings is 1. The third-order valence-corrected chi connectivity index (χ3v) is 3.24. The maximum Gasteiger partial charge on any atom is 1.00 e. The van der Waals surface area contributed by atoms with Crippen molar-refractivity contribution in [3.8, 4) is 0 Å². The van der Waals surface area contributed by atoms with E-state index in [1.165, 1.54) is 24.0 Å². The Labute approximate surface area is 109 Å². The molecule has 0 bridgehead atoms. The Kier molecular flexibility index (Phi) is 4.19. The molecule has 0 unspecified atom stereocenters. The van der Waals surface area contributed by atoms with Gasteiger partial charge in [0.2, 0.25) is 0 Å². The average Bonchev–Trinajstić information content (AvgIpc) is 2.55. The number of Topliss-reactive ketones (excluding diaryl/α,β-unsaturated/α-hetero) is 1. The Balaban J connectivity index is 0.000000640. The molecule has 0 atom stereocenters. The molecule has 2 aliphatic rings. The van der Waals surface area contributed by atoms with Gasteiger partial charge in [-0.05, 0) is 36.8 Å². The fourth-order valence-electron chi connectivity index (χ4n) is 2.56. The number of hydrogen-bond donors (Lipinski definition) is 0. The second kappa shape index (κ2) is 5.04. The van der Waals surface area contributed by atoms with Crippen LogP contribution in [0.4, 0.5) is 0 Å². The first-order chi connectivity index (χ1) is 6.88. The van der Waals surface area contributed by atoms with Crippen LogP contribution in [0.1, 0.15) is 41.6 Å². The van der Waals surface area contributed by atoms with E-state index in [0.29, 0.717) is 0 Å². The minimum Gasteiger partial charge on any atom is -0.358 e. The molecule has 2 aliphatic carbocycles. The third-order valence-electron chi connectivity index (χ3n) is 3.24. The molecule has 0 fully saturated rings. The summed E-state index contributed by atoms with van der Waals surface area (Å²) in [6, 6.07) is 8.02. The number of rotatable bonds is 0. The zero-order chi connectivity index (χ0) is 9.54. The molecule has 1 aromatic rings. The standard InChI is InChI=1S/C13H12O.CH3.Li/c14-13-11-7-3-1-5-9(11)10-6-2-4-8-12(10)13;;/h1,3,5,7H,2,4,6,8H2;1H3;/q;-1;+1. The fourth-order valence-corrected chi connectivity index (χ4v) is 2.56.